The maximum Gasteiger partial charge on any atom is 0.263 e. The van der Waals surface area contributed by atoms with Crippen LogP contribution in [0.15, 0.2) is 24.3 Å². The number of benzene rings is 1. The van der Waals surface area contributed by atoms with Crippen LogP contribution in [0.2, 0.25) is 0 Å². The van der Waals surface area contributed by atoms with Gasteiger partial charge in [0.15, 0.2) is 6.10 Å². The number of carbonyl (C=O) groups excluding carboxylic acids is 2. The van der Waals surface area contributed by atoms with E-state index in [-0.39, 0.29) is 17.6 Å². The maximum atomic E-state index is 12.4. The molecule has 0 aliphatic carbocycles. The second kappa shape index (κ2) is 8.06. The Bertz CT molecular complexity index is 542. The zero-order valence-electron chi connectivity index (χ0n) is 13.1. The van der Waals surface area contributed by atoms with Gasteiger partial charge in [0.2, 0.25) is 5.91 Å². The largest absolute Gasteiger partial charge is 0.508 e. The highest BCUT2D eigenvalue weighted by Gasteiger charge is 2.27. The first-order valence-corrected chi connectivity index (χ1v) is 8.13. The molecule has 0 bridgehead atoms. The topological polar surface area (TPSA) is 70.1 Å². The standard InChI is InChI=1S/C16H21ClN2O4/c1-12(23-14-4-2-13(20)3-5-14)16(22)19-10-8-18(9-11-19)15(21)6-7-17/h2-5,12,20H,6-11H2,1H3. The predicted molar refractivity (Wildman–Crippen MR) is 86.7 cm³/mol. The molecule has 7 heteroatoms. The molecule has 1 aliphatic rings. The number of ether oxygens (including phenoxy) is 1. The highest BCUT2D eigenvalue weighted by molar-refractivity contribution is 6.18. The fraction of sp³-hybridized carbons (Fsp3) is 0.500. The number of piperazine rings is 1. The fourth-order valence-electron chi connectivity index (χ4n) is 2.45. The Balaban J connectivity index is 1.84. The van der Waals surface area contributed by atoms with Crippen molar-refractivity contribution in [1.29, 1.82) is 0 Å². The van der Waals surface area contributed by atoms with Crippen LogP contribution < -0.4 is 4.74 Å². The van der Waals surface area contributed by atoms with E-state index >= 15 is 0 Å². The van der Waals surface area contributed by atoms with E-state index in [2.05, 4.69) is 0 Å². The third-order valence-electron chi connectivity index (χ3n) is 3.75. The minimum absolute atomic E-state index is 0.0282. The predicted octanol–water partition coefficient (Wildman–Crippen LogP) is 1.46. The van der Waals surface area contributed by atoms with E-state index in [1.807, 2.05) is 0 Å². The molecule has 1 unspecified atom stereocenters. The molecule has 1 fully saturated rings. The summed E-state index contributed by atoms with van der Waals surface area (Å²) >= 11 is 5.58. The Labute approximate surface area is 140 Å². The lowest BCUT2D eigenvalue weighted by molar-refractivity contribution is -0.143. The van der Waals surface area contributed by atoms with E-state index in [9.17, 15) is 14.7 Å². The van der Waals surface area contributed by atoms with E-state index in [1.54, 1.807) is 28.9 Å². The van der Waals surface area contributed by atoms with Gasteiger partial charge in [0, 0.05) is 38.5 Å². The molecule has 0 aromatic heterocycles. The summed E-state index contributed by atoms with van der Waals surface area (Å²) < 4.78 is 5.60. The van der Waals surface area contributed by atoms with Gasteiger partial charge in [0.05, 0.1) is 0 Å². The van der Waals surface area contributed by atoms with Crippen molar-refractivity contribution >= 4 is 23.4 Å². The Hall–Kier alpha value is -1.95. The van der Waals surface area contributed by atoms with Crippen LogP contribution in [0.3, 0.4) is 0 Å². The molecule has 126 valence electrons. The minimum Gasteiger partial charge on any atom is -0.508 e. The van der Waals surface area contributed by atoms with Gasteiger partial charge in [-0.05, 0) is 31.2 Å². The van der Waals surface area contributed by atoms with Crippen molar-refractivity contribution in [3.8, 4) is 11.5 Å². The molecule has 0 radical (unpaired) electrons. The molecule has 0 spiro atoms. The van der Waals surface area contributed by atoms with Crippen molar-refractivity contribution in [2.45, 2.75) is 19.4 Å². The molecule has 1 atom stereocenters. The molecule has 2 rings (SSSR count). The molecule has 23 heavy (non-hydrogen) atoms. The molecule has 1 saturated heterocycles. The van der Waals surface area contributed by atoms with E-state index in [1.165, 1.54) is 12.1 Å². The molecule has 0 saturated carbocycles. The van der Waals surface area contributed by atoms with Crippen molar-refractivity contribution < 1.29 is 19.4 Å². The highest BCUT2D eigenvalue weighted by atomic mass is 35.5. The number of alkyl halides is 1. The van der Waals surface area contributed by atoms with E-state index in [0.717, 1.165) is 0 Å². The monoisotopic (exact) mass is 340 g/mol. The first-order valence-electron chi connectivity index (χ1n) is 7.59. The summed E-state index contributed by atoms with van der Waals surface area (Å²) in [7, 11) is 0. The number of halogens is 1. The van der Waals surface area contributed by atoms with Crippen LogP contribution in [-0.2, 0) is 9.59 Å². The van der Waals surface area contributed by atoms with Crippen LogP contribution in [0.5, 0.6) is 11.5 Å². The summed E-state index contributed by atoms with van der Waals surface area (Å²) in [5, 5.41) is 9.24. The molecule has 1 aromatic rings. The molecule has 2 amide bonds. The summed E-state index contributed by atoms with van der Waals surface area (Å²) in [6, 6.07) is 6.24. The molecule has 1 aliphatic heterocycles. The SMILES string of the molecule is CC(Oc1ccc(O)cc1)C(=O)N1CCN(C(=O)CCCl)CC1. The number of phenols is 1. The van der Waals surface area contributed by atoms with Gasteiger partial charge in [0.25, 0.3) is 5.91 Å². The lowest BCUT2D eigenvalue weighted by Gasteiger charge is -2.35. The number of aromatic hydroxyl groups is 1. The van der Waals surface area contributed by atoms with Crippen LogP contribution in [0.25, 0.3) is 0 Å². The molecular formula is C16H21ClN2O4. The van der Waals surface area contributed by atoms with Gasteiger partial charge in [-0.15, -0.1) is 11.6 Å². The fourth-order valence-corrected chi connectivity index (χ4v) is 2.61. The van der Waals surface area contributed by atoms with E-state index in [4.69, 9.17) is 16.3 Å². The minimum atomic E-state index is -0.621. The summed E-state index contributed by atoms with van der Waals surface area (Å²) in [4.78, 5) is 27.6. The average molecular weight is 341 g/mol. The van der Waals surface area contributed by atoms with Gasteiger partial charge in [-0.25, -0.2) is 0 Å². The second-order valence-electron chi connectivity index (χ2n) is 5.40. The van der Waals surface area contributed by atoms with Crippen molar-refractivity contribution in [1.82, 2.24) is 9.80 Å². The highest BCUT2D eigenvalue weighted by Crippen LogP contribution is 2.18. The number of amides is 2. The summed E-state index contributed by atoms with van der Waals surface area (Å²) in [5.74, 6) is 0.909. The first kappa shape index (κ1) is 17.4. The van der Waals surface area contributed by atoms with Gasteiger partial charge in [0.1, 0.15) is 11.5 Å². The Morgan fingerprint density at radius 1 is 1.17 bits per heavy atom. The van der Waals surface area contributed by atoms with E-state index in [0.29, 0.717) is 44.2 Å². The van der Waals surface area contributed by atoms with Crippen LogP contribution in [0.4, 0.5) is 0 Å². The van der Waals surface area contributed by atoms with Crippen molar-refractivity contribution in [3.05, 3.63) is 24.3 Å². The Morgan fingerprint density at radius 3 is 2.30 bits per heavy atom. The second-order valence-corrected chi connectivity index (χ2v) is 5.78. The lowest BCUT2D eigenvalue weighted by atomic mass is 10.2. The van der Waals surface area contributed by atoms with Gasteiger partial charge in [-0.3, -0.25) is 9.59 Å². The molecule has 6 nitrogen and oxygen atoms in total. The molecular weight excluding hydrogens is 320 g/mol. The van der Waals surface area contributed by atoms with Gasteiger partial charge in [-0.2, -0.15) is 0 Å². The summed E-state index contributed by atoms with van der Waals surface area (Å²) in [5.41, 5.74) is 0. The number of rotatable bonds is 5. The number of hydrogen-bond acceptors (Lipinski definition) is 4. The van der Waals surface area contributed by atoms with Crippen LogP contribution >= 0.6 is 11.6 Å². The van der Waals surface area contributed by atoms with Crippen LogP contribution in [0.1, 0.15) is 13.3 Å². The molecule has 1 aromatic carbocycles. The third-order valence-corrected chi connectivity index (χ3v) is 3.94. The van der Waals surface area contributed by atoms with Gasteiger partial charge < -0.3 is 19.6 Å². The average Bonchev–Trinajstić information content (AvgIpc) is 2.56. The zero-order valence-corrected chi connectivity index (χ0v) is 13.8. The van der Waals surface area contributed by atoms with Crippen LogP contribution in [-0.4, -0.2) is 64.9 Å². The smallest absolute Gasteiger partial charge is 0.263 e. The first-order chi connectivity index (χ1) is 11.0. The lowest BCUT2D eigenvalue weighted by Crippen LogP contribution is -2.53. The Kier molecular flexibility index (Phi) is 6.10. The van der Waals surface area contributed by atoms with Crippen molar-refractivity contribution in [2.75, 3.05) is 32.1 Å². The number of hydrogen-bond donors (Lipinski definition) is 1. The number of nitrogens with zero attached hydrogens (tertiary/aromatic N) is 2. The summed E-state index contributed by atoms with van der Waals surface area (Å²) in [6.07, 6.45) is -0.291. The van der Waals surface area contributed by atoms with Gasteiger partial charge in [-0.1, -0.05) is 0 Å². The van der Waals surface area contributed by atoms with E-state index < -0.39 is 6.10 Å². The molecule has 1 N–H and O–H groups in total. The van der Waals surface area contributed by atoms with Crippen molar-refractivity contribution in [2.24, 2.45) is 0 Å². The van der Waals surface area contributed by atoms with Gasteiger partial charge >= 0.3 is 0 Å². The third kappa shape index (κ3) is 4.76. The zero-order chi connectivity index (χ0) is 16.8. The maximum absolute atomic E-state index is 12.4. The normalized spacial score (nSPS) is 16.1. The Morgan fingerprint density at radius 2 is 1.74 bits per heavy atom. The van der Waals surface area contributed by atoms with Crippen molar-refractivity contribution in [3.63, 3.8) is 0 Å². The number of carbonyl (C=O) groups is 2. The molecule has 1 heterocycles. The summed E-state index contributed by atoms with van der Waals surface area (Å²) in [6.45, 7) is 3.73. The number of phenolic OH excluding ortho intramolecular Hbond substituents is 1. The van der Waals surface area contributed by atoms with Crippen LogP contribution in [0, 0.1) is 0 Å². The quantitative estimate of drug-likeness (QED) is 0.824.